The molecule has 1 aromatic rings. The lowest BCUT2D eigenvalue weighted by molar-refractivity contribution is 0.979. The molecule has 0 spiro atoms. The molecule has 1 heterocycles. The molecule has 0 aliphatic carbocycles. The average molecular weight is 144 g/mol. The Labute approximate surface area is 56.8 Å². The Morgan fingerprint density at radius 2 is 2.33 bits per heavy atom. The summed E-state index contributed by atoms with van der Waals surface area (Å²) < 4.78 is 6.92. The topological polar surface area (TPSA) is 65.7 Å². The number of nitrogens with one attached hydrogen (secondary N) is 2. The lowest BCUT2D eigenvalue weighted by Crippen LogP contribution is -2.21. The van der Waals surface area contributed by atoms with E-state index in [0.29, 0.717) is 0 Å². The number of rotatable bonds is 0. The molecule has 0 aliphatic rings. The van der Waals surface area contributed by atoms with E-state index >= 15 is 0 Å². The first kappa shape index (κ1) is 4.75. The quantitative estimate of drug-likeness (QED) is 0.521. The van der Waals surface area contributed by atoms with Crippen molar-refractivity contribution in [2.45, 2.75) is 4.90 Å². The molecule has 0 aromatic carbocycles. The zero-order chi connectivity index (χ0) is 7.72. The van der Waals surface area contributed by atoms with Crippen LogP contribution in [0.3, 0.4) is 0 Å². The molecule has 0 amide bonds. The smallest absolute Gasteiger partial charge is 0.313 e. The third-order valence-electron chi connectivity index (χ3n) is 0.723. The molecule has 0 fully saturated rings. The van der Waals surface area contributed by atoms with Gasteiger partial charge in [0.2, 0.25) is 0 Å². The van der Waals surface area contributed by atoms with Crippen molar-refractivity contribution in [1.29, 1.82) is 0 Å². The number of hydrogen-bond donors (Lipinski definition) is 2. The van der Waals surface area contributed by atoms with Gasteiger partial charge in [-0.05, 0) is 0 Å². The molecule has 4 nitrogen and oxygen atoms in total. The van der Waals surface area contributed by atoms with Crippen molar-refractivity contribution in [3.05, 3.63) is 27.0 Å². The lowest BCUT2D eigenvalue weighted by Gasteiger charge is -1.82. The third-order valence-corrected chi connectivity index (χ3v) is 1.01. The molecule has 47 valence electrons. The van der Waals surface area contributed by atoms with Crippen LogP contribution in [0.2, 0.25) is 0 Å². The first-order valence-corrected chi connectivity index (χ1v) is 2.52. The molecule has 2 N–H and O–H groups in total. The monoisotopic (exact) mass is 144 g/mol. The van der Waals surface area contributed by atoms with Crippen molar-refractivity contribution in [2.24, 2.45) is 0 Å². The maximum atomic E-state index is 10.6. The SMILES string of the molecule is [2H]c1[nH]c(=O)[nH]c(=O)c1[S]. The van der Waals surface area contributed by atoms with Gasteiger partial charge in [0.1, 0.15) is 4.90 Å². The van der Waals surface area contributed by atoms with E-state index in [-0.39, 0.29) is 11.1 Å². The van der Waals surface area contributed by atoms with Crippen LogP contribution in [0, 0.1) is 0 Å². The van der Waals surface area contributed by atoms with Crippen LogP contribution in [0.15, 0.2) is 20.7 Å². The molecule has 1 aromatic heterocycles. The summed E-state index contributed by atoms with van der Waals surface area (Å²) in [5, 5.41) is 0. The number of aromatic amines is 2. The van der Waals surface area contributed by atoms with Gasteiger partial charge in [0.05, 0.1) is 1.37 Å². The van der Waals surface area contributed by atoms with E-state index in [1.54, 1.807) is 0 Å². The molecule has 1 rings (SSSR count). The van der Waals surface area contributed by atoms with Crippen LogP contribution in [-0.2, 0) is 0 Å². The third kappa shape index (κ3) is 1.17. The van der Waals surface area contributed by atoms with Gasteiger partial charge in [0.25, 0.3) is 5.56 Å². The Morgan fingerprint density at radius 3 is 2.89 bits per heavy atom. The van der Waals surface area contributed by atoms with Gasteiger partial charge in [-0.25, -0.2) is 4.79 Å². The summed E-state index contributed by atoms with van der Waals surface area (Å²) in [6.45, 7) is 0. The summed E-state index contributed by atoms with van der Waals surface area (Å²) in [4.78, 5) is 24.7. The van der Waals surface area contributed by atoms with Crippen molar-refractivity contribution in [3.8, 4) is 0 Å². The summed E-state index contributed by atoms with van der Waals surface area (Å²) in [5.41, 5.74) is -1.40. The largest absolute Gasteiger partial charge is 0.325 e. The van der Waals surface area contributed by atoms with Gasteiger partial charge in [-0.2, -0.15) is 0 Å². The highest BCUT2D eigenvalue weighted by atomic mass is 32.1. The predicted molar refractivity (Wildman–Crippen MR) is 33.5 cm³/mol. The molecule has 0 unspecified atom stereocenters. The van der Waals surface area contributed by atoms with E-state index in [1.165, 1.54) is 0 Å². The fourth-order valence-electron chi connectivity index (χ4n) is 0.361. The van der Waals surface area contributed by atoms with Crippen LogP contribution in [0.5, 0.6) is 0 Å². The van der Waals surface area contributed by atoms with Crippen LogP contribution < -0.4 is 11.2 Å². The standard InChI is InChI=1S/C4H3N2O2S/c7-3-2(9)1-5-4(8)6-3/h1H,(H2,5,6,7,8)/i1D. The van der Waals surface area contributed by atoms with Crippen molar-refractivity contribution < 1.29 is 1.37 Å². The minimum Gasteiger partial charge on any atom is -0.313 e. The van der Waals surface area contributed by atoms with Gasteiger partial charge in [-0.15, -0.1) is 0 Å². The van der Waals surface area contributed by atoms with Crippen LogP contribution in [0.1, 0.15) is 1.37 Å². The Kier molecular flexibility index (Phi) is 1.07. The van der Waals surface area contributed by atoms with E-state index in [4.69, 9.17) is 1.37 Å². The Hall–Kier alpha value is -1.10. The van der Waals surface area contributed by atoms with Gasteiger partial charge >= 0.3 is 5.69 Å². The van der Waals surface area contributed by atoms with E-state index < -0.39 is 11.2 Å². The highest BCUT2D eigenvalue weighted by Crippen LogP contribution is 1.87. The first-order valence-electron chi connectivity index (χ1n) is 2.61. The van der Waals surface area contributed by atoms with Crippen molar-refractivity contribution in [2.75, 3.05) is 0 Å². The summed E-state index contributed by atoms with van der Waals surface area (Å²) in [5.74, 6) is 0. The second-order valence-electron chi connectivity index (χ2n) is 1.36. The molecule has 0 bridgehead atoms. The Morgan fingerprint density at radius 1 is 1.67 bits per heavy atom. The van der Waals surface area contributed by atoms with Gasteiger partial charge in [0, 0.05) is 6.17 Å². The summed E-state index contributed by atoms with van der Waals surface area (Å²) >= 11 is 4.45. The molecular formula is C4H3N2O2S. The normalized spacial score (nSPS) is 10.9. The molecular weight excluding hydrogens is 140 g/mol. The van der Waals surface area contributed by atoms with Gasteiger partial charge < -0.3 is 4.98 Å². The Balaban J connectivity index is 3.62. The zero-order valence-corrected chi connectivity index (χ0v) is 5.04. The minimum absolute atomic E-state index is 0.195. The molecule has 9 heavy (non-hydrogen) atoms. The van der Waals surface area contributed by atoms with Gasteiger partial charge in [0.15, 0.2) is 0 Å². The highest BCUT2D eigenvalue weighted by molar-refractivity contribution is 7.80. The van der Waals surface area contributed by atoms with E-state index in [2.05, 4.69) is 12.6 Å². The lowest BCUT2D eigenvalue weighted by atomic mass is 10.7. The van der Waals surface area contributed by atoms with E-state index in [9.17, 15) is 9.59 Å². The molecule has 0 aliphatic heterocycles. The van der Waals surface area contributed by atoms with E-state index in [1.807, 2.05) is 9.97 Å². The maximum absolute atomic E-state index is 10.6. The van der Waals surface area contributed by atoms with Crippen LogP contribution in [0.4, 0.5) is 0 Å². The first-order chi connectivity index (χ1) is 4.61. The summed E-state index contributed by atoms with van der Waals surface area (Å²) in [6.07, 6.45) is -0.316. The van der Waals surface area contributed by atoms with Crippen molar-refractivity contribution >= 4 is 12.6 Å². The molecule has 0 atom stereocenters. The number of H-pyrrole nitrogens is 2. The average Bonchev–Trinajstić information content (AvgIpc) is 1.82. The fraction of sp³-hybridized carbons (Fsp3) is 0. The van der Waals surface area contributed by atoms with Crippen LogP contribution in [0.25, 0.3) is 0 Å². The van der Waals surface area contributed by atoms with Crippen LogP contribution in [-0.4, -0.2) is 9.97 Å². The number of aromatic nitrogens is 2. The maximum Gasteiger partial charge on any atom is 0.325 e. The minimum atomic E-state index is -0.705. The zero-order valence-electron chi connectivity index (χ0n) is 5.22. The fourth-order valence-corrected chi connectivity index (χ4v) is 0.463. The Bertz CT molecular complexity index is 355. The molecule has 1 radical (unpaired) electrons. The van der Waals surface area contributed by atoms with Crippen molar-refractivity contribution in [1.82, 2.24) is 9.97 Å². The molecule has 0 saturated carbocycles. The highest BCUT2D eigenvalue weighted by Gasteiger charge is 1.91. The molecule has 5 heteroatoms. The van der Waals surface area contributed by atoms with Gasteiger partial charge in [-0.1, -0.05) is 12.6 Å². The van der Waals surface area contributed by atoms with Crippen molar-refractivity contribution in [3.63, 3.8) is 0 Å². The van der Waals surface area contributed by atoms with E-state index in [0.717, 1.165) is 0 Å². The van der Waals surface area contributed by atoms with Crippen LogP contribution >= 0.6 is 12.6 Å². The van der Waals surface area contributed by atoms with Gasteiger partial charge in [-0.3, -0.25) is 9.78 Å². The predicted octanol–water partition coefficient (Wildman–Crippen LogP) is -0.380. The second kappa shape index (κ2) is 2.02. The second-order valence-corrected chi connectivity index (χ2v) is 1.77. The molecule has 0 saturated heterocycles. The summed E-state index contributed by atoms with van der Waals surface area (Å²) in [6, 6.07) is 0. The summed E-state index contributed by atoms with van der Waals surface area (Å²) in [7, 11) is 0. The number of hydrogen-bond acceptors (Lipinski definition) is 2.